The summed E-state index contributed by atoms with van der Waals surface area (Å²) in [5.41, 5.74) is 3.26. The van der Waals surface area contributed by atoms with Crippen LogP contribution in [0.5, 0.6) is 11.5 Å². The van der Waals surface area contributed by atoms with Crippen LogP contribution >= 0.6 is 0 Å². The van der Waals surface area contributed by atoms with Crippen molar-refractivity contribution in [3.63, 3.8) is 0 Å². The number of nitrogens with zero attached hydrogens (tertiary/aromatic N) is 2. The molecule has 0 aliphatic rings. The largest absolute Gasteiger partial charge is 0.497 e. The SMILES string of the molecule is COc1ccc(C(=O)Oc2ccc(C=NNC(=O)c3cccc([N+](=O)[O-])c3)cc2)cc1. The van der Waals surface area contributed by atoms with E-state index in [9.17, 15) is 19.7 Å². The van der Waals surface area contributed by atoms with E-state index in [2.05, 4.69) is 10.5 Å². The van der Waals surface area contributed by atoms with Crippen molar-refractivity contribution in [2.45, 2.75) is 0 Å². The fraction of sp³-hybridized carbons (Fsp3) is 0.0455. The maximum absolute atomic E-state index is 12.2. The van der Waals surface area contributed by atoms with Crippen LogP contribution in [-0.4, -0.2) is 30.1 Å². The number of hydrogen-bond donors (Lipinski definition) is 1. The summed E-state index contributed by atoms with van der Waals surface area (Å²) in [6.45, 7) is 0. The predicted molar refractivity (Wildman–Crippen MR) is 113 cm³/mol. The van der Waals surface area contributed by atoms with Crippen LogP contribution in [0.2, 0.25) is 0 Å². The maximum atomic E-state index is 12.2. The lowest BCUT2D eigenvalue weighted by atomic mass is 10.2. The van der Waals surface area contributed by atoms with Gasteiger partial charge in [-0.15, -0.1) is 0 Å². The van der Waals surface area contributed by atoms with Gasteiger partial charge in [0.2, 0.25) is 0 Å². The Hall–Kier alpha value is -4.53. The van der Waals surface area contributed by atoms with E-state index < -0.39 is 16.8 Å². The molecule has 0 unspecified atom stereocenters. The minimum Gasteiger partial charge on any atom is -0.497 e. The third-order valence-corrected chi connectivity index (χ3v) is 4.12. The second kappa shape index (κ2) is 9.79. The van der Waals surface area contributed by atoms with E-state index in [-0.39, 0.29) is 11.3 Å². The number of carbonyl (C=O) groups excluding carboxylic acids is 2. The second-order valence-electron chi connectivity index (χ2n) is 6.19. The second-order valence-corrected chi connectivity index (χ2v) is 6.19. The lowest BCUT2D eigenvalue weighted by Crippen LogP contribution is -2.17. The van der Waals surface area contributed by atoms with E-state index in [1.165, 1.54) is 31.5 Å². The van der Waals surface area contributed by atoms with Gasteiger partial charge in [-0.25, -0.2) is 10.2 Å². The average Bonchev–Trinajstić information content (AvgIpc) is 2.80. The molecule has 31 heavy (non-hydrogen) atoms. The number of esters is 1. The van der Waals surface area contributed by atoms with Gasteiger partial charge >= 0.3 is 5.97 Å². The standard InChI is InChI=1S/C22H17N3O6/c1-30-19-11-7-16(8-12-19)22(27)31-20-9-5-15(6-10-20)14-23-24-21(26)17-3-2-4-18(13-17)25(28)29/h2-14H,1H3,(H,24,26). The van der Waals surface area contributed by atoms with E-state index in [1.807, 2.05) is 0 Å². The zero-order chi connectivity index (χ0) is 22.2. The molecule has 0 heterocycles. The average molecular weight is 419 g/mol. The molecule has 156 valence electrons. The van der Waals surface area contributed by atoms with Crippen LogP contribution in [0.25, 0.3) is 0 Å². The van der Waals surface area contributed by atoms with Crippen molar-refractivity contribution in [2.75, 3.05) is 7.11 Å². The molecule has 0 saturated carbocycles. The van der Waals surface area contributed by atoms with Crippen molar-refractivity contribution in [1.29, 1.82) is 0 Å². The summed E-state index contributed by atoms with van der Waals surface area (Å²) < 4.78 is 10.4. The normalized spacial score (nSPS) is 10.5. The molecule has 0 radical (unpaired) electrons. The lowest BCUT2D eigenvalue weighted by molar-refractivity contribution is -0.384. The van der Waals surface area contributed by atoms with Crippen LogP contribution in [-0.2, 0) is 0 Å². The first-order valence-corrected chi connectivity index (χ1v) is 9.00. The number of amides is 1. The number of nitro groups is 1. The van der Waals surface area contributed by atoms with Crippen LogP contribution in [0.3, 0.4) is 0 Å². The third-order valence-electron chi connectivity index (χ3n) is 4.12. The molecule has 0 bridgehead atoms. The summed E-state index contributed by atoms with van der Waals surface area (Å²) in [6, 6.07) is 18.3. The number of nitro benzene ring substituents is 1. The highest BCUT2D eigenvalue weighted by Gasteiger charge is 2.11. The van der Waals surface area contributed by atoms with E-state index >= 15 is 0 Å². The number of benzene rings is 3. The van der Waals surface area contributed by atoms with Crippen LogP contribution in [0, 0.1) is 10.1 Å². The van der Waals surface area contributed by atoms with E-state index in [4.69, 9.17) is 9.47 Å². The molecular formula is C22H17N3O6. The lowest BCUT2D eigenvalue weighted by Gasteiger charge is -2.05. The number of non-ortho nitro benzene ring substituents is 1. The van der Waals surface area contributed by atoms with E-state index in [1.54, 1.807) is 48.5 Å². The van der Waals surface area contributed by atoms with Gasteiger partial charge in [0.25, 0.3) is 11.6 Å². The van der Waals surface area contributed by atoms with Gasteiger partial charge in [0.1, 0.15) is 11.5 Å². The van der Waals surface area contributed by atoms with Gasteiger partial charge in [0.15, 0.2) is 0 Å². The monoisotopic (exact) mass is 419 g/mol. The number of rotatable bonds is 7. The smallest absolute Gasteiger partial charge is 0.343 e. The molecule has 0 atom stereocenters. The number of nitrogens with one attached hydrogen (secondary N) is 1. The van der Waals surface area contributed by atoms with Crippen molar-refractivity contribution in [3.8, 4) is 11.5 Å². The van der Waals surface area contributed by atoms with Crippen molar-refractivity contribution < 1.29 is 24.0 Å². The van der Waals surface area contributed by atoms with E-state index in [0.717, 1.165) is 6.07 Å². The predicted octanol–water partition coefficient (Wildman–Crippen LogP) is 3.59. The molecule has 3 aromatic rings. The minimum absolute atomic E-state index is 0.118. The molecule has 0 spiro atoms. The molecule has 0 fully saturated rings. The van der Waals surface area contributed by atoms with Crippen LogP contribution in [0.4, 0.5) is 5.69 Å². The summed E-state index contributed by atoms with van der Waals surface area (Å²) in [4.78, 5) is 34.4. The Morgan fingerprint density at radius 2 is 1.65 bits per heavy atom. The van der Waals surface area contributed by atoms with Gasteiger partial charge in [0, 0.05) is 17.7 Å². The first-order chi connectivity index (χ1) is 15.0. The fourth-order valence-electron chi connectivity index (χ4n) is 2.51. The molecule has 1 N–H and O–H groups in total. The maximum Gasteiger partial charge on any atom is 0.343 e. The Kier molecular flexibility index (Phi) is 6.69. The molecule has 0 saturated heterocycles. The highest BCUT2D eigenvalue weighted by atomic mass is 16.6. The molecule has 9 nitrogen and oxygen atoms in total. The van der Waals surface area contributed by atoms with Crippen molar-refractivity contribution in [2.24, 2.45) is 5.10 Å². The topological polar surface area (TPSA) is 120 Å². The quantitative estimate of drug-likeness (QED) is 0.205. The Labute approximate surface area is 177 Å². The summed E-state index contributed by atoms with van der Waals surface area (Å²) in [5, 5.41) is 14.6. The van der Waals surface area contributed by atoms with Crippen LogP contribution in [0.15, 0.2) is 77.9 Å². The summed E-state index contributed by atoms with van der Waals surface area (Å²) in [6.07, 6.45) is 1.39. The number of carbonyl (C=O) groups is 2. The molecule has 3 rings (SSSR count). The van der Waals surface area contributed by atoms with Crippen molar-refractivity contribution in [1.82, 2.24) is 5.43 Å². The van der Waals surface area contributed by atoms with Gasteiger partial charge in [-0.05, 0) is 60.2 Å². The molecule has 0 aliphatic carbocycles. The number of ether oxygens (including phenoxy) is 2. The van der Waals surface area contributed by atoms with Gasteiger partial charge in [-0.2, -0.15) is 5.10 Å². The van der Waals surface area contributed by atoms with Gasteiger partial charge < -0.3 is 9.47 Å². The molecule has 0 aliphatic heterocycles. The minimum atomic E-state index is -0.580. The van der Waals surface area contributed by atoms with E-state index in [0.29, 0.717) is 22.6 Å². The van der Waals surface area contributed by atoms with Crippen LogP contribution < -0.4 is 14.9 Å². The Morgan fingerprint density at radius 1 is 0.968 bits per heavy atom. The summed E-state index contributed by atoms with van der Waals surface area (Å²) >= 11 is 0. The first kappa shape index (κ1) is 21.2. The van der Waals surface area contributed by atoms with Crippen molar-refractivity contribution in [3.05, 3.63) is 99.6 Å². The molecule has 1 amide bonds. The molecule has 0 aromatic heterocycles. The zero-order valence-electron chi connectivity index (χ0n) is 16.3. The Balaban J connectivity index is 1.56. The van der Waals surface area contributed by atoms with Crippen molar-refractivity contribution >= 4 is 23.8 Å². The number of hydrogen-bond acceptors (Lipinski definition) is 7. The first-order valence-electron chi connectivity index (χ1n) is 9.00. The van der Waals surface area contributed by atoms with Crippen LogP contribution in [0.1, 0.15) is 26.3 Å². The van der Waals surface area contributed by atoms with Gasteiger partial charge in [0.05, 0.1) is 23.8 Å². The molecular weight excluding hydrogens is 402 g/mol. The third kappa shape index (κ3) is 5.73. The fourth-order valence-corrected chi connectivity index (χ4v) is 2.51. The van der Waals surface area contributed by atoms with Gasteiger partial charge in [-0.3, -0.25) is 14.9 Å². The highest BCUT2D eigenvalue weighted by molar-refractivity contribution is 5.95. The summed E-state index contributed by atoms with van der Waals surface area (Å²) in [5.74, 6) is -0.102. The molecule has 3 aromatic carbocycles. The van der Waals surface area contributed by atoms with Gasteiger partial charge in [-0.1, -0.05) is 6.07 Å². The highest BCUT2D eigenvalue weighted by Crippen LogP contribution is 2.16. The Morgan fingerprint density at radius 3 is 2.29 bits per heavy atom. The zero-order valence-corrected chi connectivity index (χ0v) is 16.3. The number of methoxy groups -OCH3 is 1. The number of hydrazone groups is 1. The Bertz CT molecular complexity index is 1120. The molecule has 9 heteroatoms. The summed E-state index contributed by atoms with van der Waals surface area (Å²) in [7, 11) is 1.54.